The molecule has 0 aliphatic heterocycles. The second-order valence-electron chi connectivity index (χ2n) is 4.10. The van der Waals surface area contributed by atoms with Crippen LogP contribution in [0.4, 0.5) is 23.2 Å². The molecule has 9 heteroatoms. The summed E-state index contributed by atoms with van der Waals surface area (Å²) in [6.45, 7) is -1.69. The van der Waals surface area contributed by atoms with E-state index >= 15 is 0 Å². The van der Waals surface area contributed by atoms with E-state index in [0.717, 1.165) is 18.2 Å². The minimum absolute atomic E-state index is 0.0776. The third-order valence-electron chi connectivity index (χ3n) is 2.28. The summed E-state index contributed by atoms with van der Waals surface area (Å²) in [4.78, 5) is 11.7. The highest BCUT2D eigenvalue weighted by molar-refractivity contribution is 5.96. The monoisotopic (exact) mass is 310 g/mol. The molecule has 1 rings (SSSR count). The van der Waals surface area contributed by atoms with Gasteiger partial charge in [0, 0.05) is 13.2 Å². The summed E-state index contributed by atoms with van der Waals surface area (Å²) in [5.74, 6) is -1.93. The molecule has 0 fully saturated rings. The van der Waals surface area contributed by atoms with Crippen LogP contribution in [0, 0.1) is 5.82 Å². The Kier molecular flexibility index (Phi) is 5.91. The molecular formula is C12H14F4N2O3. The topological polar surface area (TPSA) is 73.6 Å². The smallest absolute Gasteiger partial charge is 0.422 e. The number of carbonyl (C=O) groups is 1. The molecule has 1 aromatic carbocycles. The highest BCUT2D eigenvalue weighted by atomic mass is 19.4. The van der Waals surface area contributed by atoms with Crippen molar-refractivity contribution in [1.82, 2.24) is 0 Å². The van der Waals surface area contributed by atoms with Gasteiger partial charge >= 0.3 is 6.18 Å². The normalized spacial score (nSPS) is 12.9. The van der Waals surface area contributed by atoms with Crippen LogP contribution in [0.15, 0.2) is 18.2 Å². The zero-order chi connectivity index (χ0) is 16.0. The molecule has 0 saturated heterocycles. The van der Waals surface area contributed by atoms with E-state index in [1.165, 1.54) is 7.11 Å². The highest BCUT2D eigenvalue weighted by Crippen LogP contribution is 2.27. The second-order valence-corrected chi connectivity index (χ2v) is 4.10. The Bertz CT molecular complexity index is 494. The molecule has 21 heavy (non-hydrogen) atoms. The number of anilines is 1. The van der Waals surface area contributed by atoms with Crippen molar-refractivity contribution in [3.8, 4) is 5.75 Å². The van der Waals surface area contributed by atoms with Crippen LogP contribution in [0.2, 0.25) is 0 Å². The van der Waals surface area contributed by atoms with E-state index < -0.39 is 36.3 Å². The molecule has 5 nitrogen and oxygen atoms in total. The fraction of sp³-hybridized carbons (Fsp3) is 0.417. The molecule has 0 spiro atoms. The van der Waals surface area contributed by atoms with Crippen molar-refractivity contribution in [2.24, 2.45) is 5.73 Å². The summed E-state index contributed by atoms with van der Waals surface area (Å²) in [5, 5.41) is 2.26. The molecule has 0 saturated carbocycles. The lowest BCUT2D eigenvalue weighted by molar-refractivity contribution is -0.153. The number of benzene rings is 1. The number of hydrogen-bond acceptors (Lipinski definition) is 4. The lowest BCUT2D eigenvalue weighted by Crippen LogP contribution is -2.39. The van der Waals surface area contributed by atoms with Crippen molar-refractivity contribution in [3.05, 3.63) is 24.0 Å². The van der Waals surface area contributed by atoms with E-state index in [9.17, 15) is 22.4 Å². The second kappa shape index (κ2) is 7.23. The standard InChI is InChI=1S/C12H14F4N2O3/c1-20-5-8(17)11(19)18-9-3-2-7(13)4-10(9)21-6-12(14,15)16/h2-4,8H,5-6,17H2,1H3,(H,18,19). The minimum Gasteiger partial charge on any atom is -0.482 e. The van der Waals surface area contributed by atoms with E-state index in [2.05, 4.69) is 14.8 Å². The van der Waals surface area contributed by atoms with Crippen molar-refractivity contribution in [3.63, 3.8) is 0 Å². The first-order valence-electron chi connectivity index (χ1n) is 5.77. The summed E-state index contributed by atoms with van der Waals surface area (Å²) in [6.07, 6.45) is -4.58. The summed E-state index contributed by atoms with van der Waals surface area (Å²) >= 11 is 0. The van der Waals surface area contributed by atoms with Crippen LogP contribution >= 0.6 is 0 Å². The Labute approximate surface area is 118 Å². The molecule has 1 aromatic rings. The largest absolute Gasteiger partial charge is 0.482 e. The number of nitrogens with two attached hydrogens (primary N) is 1. The van der Waals surface area contributed by atoms with Gasteiger partial charge in [-0.2, -0.15) is 13.2 Å². The van der Waals surface area contributed by atoms with Gasteiger partial charge in [-0.3, -0.25) is 4.79 Å². The van der Waals surface area contributed by atoms with Crippen molar-refractivity contribution in [2.45, 2.75) is 12.2 Å². The SMILES string of the molecule is COCC(N)C(=O)Nc1ccc(F)cc1OCC(F)(F)F. The van der Waals surface area contributed by atoms with Crippen molar-refractivity contribution < 1.29 is 31.8 Å². The average molecular weight is 310 g/mol. The first-order valence-corrected chi connectivity index (χ1v) is 5.77. The van der Waals surface area contributed by atoms with Crippen molar-refractivity contribution in [2.75, 3.05) is 25.6 Å². The van der Waals surface area contributed by atoms with E-state index in [1.54, 1.807) is 0 Å². The van der Waals surface area contributed by atoms with Gasteiger partial charge in [-0.25, -0.2) is 4.39 Å². The summed E-state index contributed by atoms with van der Waals surface area (Å²) in [5.41, 5.74) is 5.35. The van der Waals surface area contributed by atoms with Gasteiger partial charge in [0.25, 0.3) is 0 Å². The number of amides is 1. The maximum atomic E-state index is 13.1. The summed E-state index contributed by atoms with van der Waals surface area (Å²) in [7, 11) is 1.34. The van der Waals surface area contributed by atoms with Crippen LogP contribution in [-0.2, 0) is 9.53 Å². The Balaban J connectivity index is 2.84. The van der Waals surface area contributed by atoms with Crippen LogP contribution in [0.25, 0.3) is 0 Å². The zero-order valence-corrected chi connectivity index (χ0v) is 11.0. The minimum atomic E-state index is -4.58. The molecule has 3 N–H and O–H groups in total. The van der Waals surface area contributed by atoms with Gasteiger partial charge in [-0.1, -0.05) is 0 Å². The predicted octanol–water partition coefficient (Wildman–Crippen LogP) is 1.68. The number of ether oxygens (including phenoxy) is 2. The van der Waals surface area contributed by atoms with Gasteiger partial charge in [0.2, 0.25) is 5.91 Å². The van der Waals surface area contributed by atoms with Gasteiger partial charge in [-0.05, 0) is 12.1 Å². The van der Waals surface area contributed by atoms with Crippen LogP contribution in [-0.4, -0.2) is 38.4 Å². The maximum absolute atomic E-state index is 13.1. The predicted molar refractivity (Wildman–Crippen MR) is 66.4 cm³/mol. The Morgan fingerprint density at radius 2 is 2.10 bits per heavy atom. The van der Waals surface area contributed by atoms with Crippen molar-refractivity contribution in [1.29, 1.82) is 0 Å². The molecular weight excluding hydrogens is 296 g/mol. The fourth-order valence-corrected chi connectivity index (χ4v) is 1.36. The number of nitrogens with one attached hydrogen (secondary N) is 1. The van der Waals surface area contributed by atoms with Crippen molar-refractivity contribution >= 4 is 11.6 Å². The lowest BCUT2D eigenvalue weighted by atomic mass is 10.2. The Morgan fingerprint density at radius 3 is 2.67 bits per heavy atom. The Hall–Kier alpha value is -1.87. The molecule has 0 heterocycles. The van der Waals surface area contributed by atoms with E-state index in [1.807, 2.05) is 0 Å². The van der Waals surface area contributed by atoms with Crippen LogP contribution in [0.5, 0.6) is 5.75 Å². The number of halogens is 4. The first kappa shape index (κ1) is 17.2. The lowest BCUT2D eigenvalue weighted by Gasteiger charge is -2.16. The Morgan fingerprint density at radius 1 is 1.43 bits per heavy atom. The van der Waals surface area contributed by atoms with Crippen LogP contribution in [0.1, 0.15) is 0 Å². The molecule has 0 bridgehead atoms. The number of rotatable bonds is 6. The summed E-state index contributed by atoms with van der Waals surface area (Å²) in [6, 6.07) is 1.77. The van der Waals surface area contributed by atoms with Crippen LogP contribution < -0.4 is 15.8 Å². The third-order valence-corrected chi connectivity index (χ3v) is 2.28. The van der Waals surface area contributed by atoms with E-state index in [0.29, 0.717) is 0 Å². The number of methoxy groups -OCH3 is 1. The van der Waals surface area contributed by atoms with Gasteiger partial charge < -0.3 is 20.5 Å². The van der Waals surface area contributed by atoms with Gasteiger partial charge in [-0.15, -0.1) is 0 Å². The molecule has 0 aromatic heterocycles. The van der Waals surface area contributed by atoms with Gasteiger partial charge in [0.05, 0.1) is 12.3 Å². The van der Waals surface area contributed by atoms with E-state index in [-0.39, 0.29) is 12.3 Å². The third kappa shape index (κ3) is 5.96. The zero-order valence-electron chi connectivity index (χ0n) is 11.0. The number of carbonyl (C=O) groups excluding carboxylic acids is 1. The first-order chi connectivity index (χ1) is 9.73. The highest BCUT2D eigenvalue weighted by Gasteiger charge is 2.29. The van der Waals surface area contributed by atoms with E-state index in [4.69, 9.17) is 5.73 Å². The van der Waals surface area contributed by atoms with Gasteiger partial charge in [0.15, 0.2) is 6.61 Å². The maximum Gasteiger partial charge on any atom is 0.422 e. The molecule has 0 aliphatic rings. The number of alkyl halides is 3. The molecule has 1 atom stereocenters. The molecule has 1 amide bonds. The molecule has 118 valence electrons. The molecule has 1 unspecified atom stereocenters. The quantitative estimate of drug-likeness (QED) is 0.784. The molecule has 0 radical (unpaired) electrons. The average Bonchev–Trinajstić information content (AvgIpc) is 2.38. The summed E-state index contributed by atoms with van der Waals surface area (Å²) < 4.78 is 58.6. The van der Waals surface area contributed by atoms with Gasteiger partial charge in [0.1, 0.15) is 17.6 Å². The number of hydrogen-bond donors (Lipinski definition) is 2. The fourth-order valence-electron chi connectivity index (χ4n) is 1.36. The van der Waals surface area contributed by atoms with Crippen LogP contribution in [0.3, 0.4) is 0 Å². The molecule has 0 aliphatic carbocycles.